The minimum absolute atomic E-state index is 0.0919. The third-order valence-corrected chi connectivity index (χ3v) is 2.67. The Labute approximate surface area is 95.8 Å². The summed E-state index contributed by atoms with van der Waals surface area (Å²) in [5.74, 6) is -0.368. The molecule has 1 rings (SSSR count). The average Bonchev–Trinajstić information content (AvgIpc) is 2.10. The molecule has 0 aliphatic heterocycles. The third kappa shape index (κ3) is 2.83. The van der Waals surface area contributed by atoms with Gasteiger partial charge in [-0.1, -0.05) is 11.6 Å². The molecule has 0 saturated heterocycles. The van der Waals surface area contributed by atoms with Crippen LogP contribution in [0, 0.1) is 5.82 Å². The molecule has 0 radical (unpaired) electrons. The van der Waals surface area contributed by atoms with E-state index >= 15 is 0 Å². The Bertz CT molecular complexity index is 310. The second kappa shape index (κ2) is 4.96. The molecule has 0 bridgehead atoms. The summed E-state index contributed by atoms with van der Waals surface area (Å²) in [6.07, 6.45) is 0. The minimum atomic E-state index is -0.368. The van der Waals surface area contributed by atoms with Crippen molar-refractivity contribution in [1.82, 2.24) is 0 Å². The predicted octanol–water partition coefficient (Wildman–Crippen LogP) is 3.00. The monoisotopic (exact) mass is 280 g/mol. The molecule has 0 fully saturated rings. The molecule has 5 heteroatoms. The molecule has 1 aromatic rings. The van der Waals surface area contributed by atoms with Crippen molar-refractivity contribution in [2.24, 2.45) is 5.73 Å². The first kappa shape index (κ1) is 11.8. The van der Waals surface area contributed by atoms with Gasteiger partial charge in [0, 0.05) is 17.1 Å². The summed E-state index contributed by atoms with van der Waals surface area (Å²) in [6, 6.07) is 2.71. The van der Waals surface area contributed by atoms with Gasteiger partial charge in [0.15, 0.2) is 0 Å². The van der Waals surface area contributed by atoms with Gasteiger partial charge in [-0.15, -0.1) is 0 Å². The van der Waals surface area contributed by atoms with Crippen molar-refractivity contribution in [3.8, 4) is 0 Å². The fraction of sp³-hybridized carbons (Fsp3) is 0.333. The van der Waals surface area contributed by atoms with Gasteiger partial charge < -0.3 is 11.1 Å². The zero-order valence-electron chi connectivity index (χ0n) is 7.65. The molecule has 0 spiro atoms. The van der Waals surface area contributed by atoms with E-state index in [1.54, 1.807) is 0 Å². The lowest BCUT2D eigenvalue weighted by atomic mass is 10.2. The first-order valence-electron chi connectivity index (χ1n) is 4.15. The molecule has 78 valence electrons. The lowest BCUT2D eigenvalue weighted by molar-refractivity contribution is 0.627. The van der Waals surface area contributed by atoms with Crippen molar-refractivity contribution in [3.63, 3.8) is 0 Å². The van der Waals surface area contributed by atoms with Gasteiger partial charge in [-0.2, -0.15) is 0 Å². The molecule has 0 amide bonds. The summed E-state index contributed by atoms with van der Waals surface area (Å²) < 4.78 is 13.5. The molecular formula is C9H11BrClFN2. The number of halogens is 3. The van der Waals surface area contributed by atoms with Crippen LogP contribution in [0.4, 0.5) is 10.1 Å². The van der Waals surface area contributed by atoms with Crippen molar-refractivity contribution in [2.45, 2.75) is 13.0 Å². The Balaban J connectivity index is 2.96. The number of benzene rings is 1. The van der Waals surface area contributed by atoms with Gasteiger partial charge in [0.05, 0.1) is 10.7 Å². The van der Waals surface area contributed by atoms with Crippen LogP contribution in [-0.2, 0) is 0 Å². The van der Waals surface area contributed by atoms with Crippen LogP contribution >= 0.6 is 27.5 Å². The van der Waals surface area contributed by atoms with Crippen LogP contribution in [0.5, 0.6) is 0 Å². The minimum Gasteiger partial charge on any atom is -0.379 e. The fourth-order valence-electron chi connectivity index (χ4n) is 0.985. The van der Waals surface area contributed by atoms with Crippen LogP contribution in [0.2, 0.25) is 5.02 Å². The predicted molar refractivity (Wildman–Crippen MR) is 61.2 cm³/mol. The lowest BCUT2D eigenvalue weighted by Gasteiger charge is -2.15. The zero-order valence-corrected chi connectivity index (χ0v) is 9.99. The molecule has 1 aromatic carbocycles. The molecule has 3 N–H and O–H groups in total. The number of nitrogens with two attached hydrogens (primary N) is 1. The summed E-state index contributed by atoms with van der Waals surface area (Å²) >= 11 is 9.09. The Morgan fingerprint density at radius 3 is 2.79 bits per heavy atom. The number of rotatable bonds is 3. The topological polar surface area (TPSA) is 38.0 Å². The molecule has 0 aromatic heterocycles. The average molecular weight is 282 g/mol. The van der Waals surface area contributed by atoms with Gasteiger partial charge in [0.1, 0.15) is 5.82 Å². The van der Waals surface area contributed by atoms with Crippen LogP contribution in [0.15, 0.2) is 16.6 Å². The van der Waals surface area contributed by atoms with E-state index in [0.29, 0.717) is 21.7 Å². The van der Waals surface area contributed by atoms with E-state index in [9.17, 15) is 4.39 Å². The molecule has 0 aliphatic rings. The summed E-state index contributed by atoms with van der Waals surface area (Å²) in [6.45, 7) is 2.41. The van der Waals surface area contributed by atoms with Crippen molar-refractivity contribution in [3.05, 3.63) is 27.4 Å². The van der Waals surface area contributed by atoms with Gasteiger partial charge in [0.2, 0.25) is 0 Å². The highest BCUT2D eigenvalue weighted by atomic mass is 79.9. The van der Waals surface area contributed by atoms with E-state index in [0.717, 1.165) is 0 Å². The smallest absolute Gasteiger partial charge is 0.125 e. The van der Waals surface area contributed by atoms with Crippen molar-refractivity contribution in [1.29, 1.82) is 0 Å². The van der Waals surface area contributed by atoms with E-state index < -0.39 is 0 Å². The molecule has 14 heavy (non-hydrogen) atoms. The molecule has 2 nitrogen and oxygen atoms in total. The van der Waals surface area contributed by atoms with Gasteiger partial charge in [-0.25, -0.2) is 4.39 Å². The molecule has 0 saturated carbocycles. The highest BCUT2D eigenvalue weighted by Gasteiger charge is 2.09. The Morgan fingerprint density at radius 2 is 2.29 bits per heavy atom. The van der Waals surface area contributed by atoms with E-state index in [2.05, 4.69) is 21.2 Å². The normalized spacial score (nSPS) is 12.6. The maximum atomic E-state index is 12.9. The Hall–Kier alpha value is -0.320. The maximum Gasteiger partial charge on any atom is 0.125 e. The molecule has 1 atom stereocenters. The van der Waals surface area contributed by atoms with Crippen molar-refractivity contribution >= 4 is 33.2 Å². The van der Waals surface area contributed by atoms with E-state index in [4.69, 9.17) is 17.3 Å². The summed E-state index contributed by atoms with van der Waals surface area (Å²) in [7, 11) is 0. The van der Waals surface area contributed by atoms with Crippen LogP contribution in [0.3, 0.4) is 0 Å². The second-order valence-corrected chi connectivity index (χ2v) is 4.29. The molecule has 0 aliphatic carbocycles. The van der Waals surface area contributed by atoms with Crippen LogP contribution in [0.1, 0.15) is 6.92 Å². The largest absolute Gasteiger partial charge is 0.379 e. The van der Waals surface area contributed by atoms with Crippen LogP contribution in [0.25, 0.3) is 0 Å². The van der Waals surface area contributed by atoms with Crippen LogP contribution in [-0.4, -0.2) is 12.6 Å². The third-order valence-electron chi connectivity index (χ3n) is 1.75. The van der Waals surface area contributed by atoms with E-state index in [-0.39, 0.29) is 11.9 Å². The standard InChI is InChI=1S/C9H11BrClFN2/c1-5(4-13)14-9-7(10)2-6(12)3-8(9)11/h2-3,5,14H,4,13H2,1H3. The van der Waals surface area contributed by atoms with Crippen molar-refractivity contribution in [2.75, 3.05) is 11.9 Å². The van der Waals surface area contributed by atoms with Gasteiger partial charge in [-0.3, -0.25) is 0 Å². The number of hydrogen-bond acceptors (Lipinski definition) is 2. The summed E-state index contributed by atoms with van der Waals surface area (Å²) in [5.41, 5.74) is 6.13. The Morgan fingerprint density at radius 1 is 1.64 bits per heavy atom. The first-order valence-corrected chi connectivity index (χ1v) is 5.33. The maximum absolute atomic E-state index is 12.9. The molecule has 1 unspecified atom stereocenters. The molecule has 0 heterocycles. The number of anilines is 1. The lowest BCUT2D eigenvalue weighted by Crippen LogP contribution is -2.25. The van der Waals surface area contributed by atoms with Gasteiger partial charge >= 0.3 is 0 Å². The Kier molecular flexibility index (Phi) is 4.16. The second-order valence-electron chi connectivity index (χ2n) is 3.03. The number of hydrogen-bond donors (Lipinski definition) is 2. The molecular weight excluding hydrogens is 270 g/mol. The number of nitrogens with one attached hydrogen (secondary N) is 1. The zero-order chi connectivity index (χ0) is 10.7. The fourth-order valence-corrected chi connectivity index (χ4v) is 1.91. The van der Waals surface area contributed by atoms with Crippen LogP contribution < -0.4 is 11.1 Å². The van der Waals surface area contributed by atoms with E-state index in [1.165, 1.54) is 12.1 Å². The van der Waals surface area contributed by atoms with Crippen molar-refractivity contribution < 1.29 is 4.39 Å². The summed E-state index contributed by atoms with van der Waals surface area (Å²) in [5, 5.41) is 3.43. The van der Waals surface area contributed by atoms with E-state index in [1.807, 2.05) is 6.92 Å². The van der Waals surface area contributed by atoms with Gasteiger partial charge in [-0.05, 0) is 35.0 Å². The highest BCUT2D eigenvalue weighted by Crippen LogP contribution is 2.31. The first-order chi connectivity index (χ1) is 6.54. The summed E-state index contributed by atoms with van der Waals surface area (Å²) in [4.78, 5) is 0. The SMILES string of the molecule is CC(CN)Nc1c(Cl)cc(F)cc1Br. The quantitative estimate of drug-likeness (QED) is 0.894. The highest BCUT2D eigenvalue weighted by molar-refractivity contribution is 9.10. The van der Waals surface area contributed by atoms with Gasteiger partial charge in [0.25, 0.3) is 0 Å².